The number of amides is 1. The highest BCUT2D eigenvalue weighted by Gasteiger charge is 2.27. The number of ketones is 1. The first-order valence-electron chi connectivity index (χ1n) is 10.2. The molecule has 1 aliphatic rings. The summed E-state index contributed by atoms with van der Waals surface area (Å²) in [5, 5.41) is 15.4. The predicted molar refractivity (Wildman–Crippen MR) is 106 cm³/mol. The highest BCUT2D eigenvalue weighted by Crippen LogP contribution is 2.24. The Bertz CT molecular complexity index is 781. The number of hydrogen-bond donors (Lipinski definition) is 1. The first kappa shape index (κ1) is 20.2. The summed E-state index contributed by atoms with van der Waals surface area (Å²) in [7, 11) is 0. The smallest absolute Gasteiger partial charge is 0.223 e. The Morgan fingerprint density at radius 3 is 2.54 bits per heavy atom. The van der Waals surface area contributed by atoms with Crippen molar-refractivity contribution >= 4 is 11.7 Å². The molecule has 0 aliphatic heterocycles. The van der Waals surface area contributed by atoms with E-state index in [-0.39, 0.29) is 24.2 Å². The largest absolute Gasteiger partial charge is 0.346 e. The fourth-order valence-corrected chi connectivity index (χ4v) is 3.66. The van der Waals surface area contributed by atoms with Crippen molar-refractivity contribution in [2.24, 2.45) is 11.8 Å². The molecule has 150 valence electrons. The minimum atomic E-state index is -0.513. The molecule has 1 N–H and O–H groups in total. The first-order chi connectivity index (χ1) is 13.5. The molecule has 1 aromatic carbocycles. The molecule has 3 rings (SSSR count). The number of Topliss-reactive ketones (excluding diaryl/α,β-unsaturated/α-hetero) is 1. The Morgan fingerprint density at radius 2 is 1.86 bits per heavy atom. The van der Waals surface area contributed by atoms with E-state index in [0.717, 1.165) is 31.2 Å². The molecular formula is C21H29N5O2. The van der Waals surface area contributed by atoms with Gasteiger partial charge >= 0.3 is 0 Å². The topological polar surface area (TPSA) is 89.8 Å². The second-order valence-electron chi connectivity index (χ2n) is 8.00. The van der Waals surface area contributed by atoms with Gasteiger partial charge in [0.2, 0.25) is 11.7 Å². The van der Waals surface area contributed by atoms with Gasteiger partial charge in [0.25, 0.3) is 0 Å². The van der Waals surface area contributed by atoms with Crippen LogP contribution in [-0.2, 0) is 16.1 Å². The van der Waals surface area contributed by atoms with Crippen molar-refractivity contribution in [3.63, 3.8) is 0 Å². The van der Waals surface area contributed by atoms with E-state index in [1.54, 1.807) is 0 Å². The van der Waals surface area contributed by atoms with Crippen LogP contribution >= 0.6 is 0 Å². The lowest BCUT2D eigenvalue weighted by molar-refractivity contribution is -0.131. The summed E-state index contributed by atoms with van der Waals surface area (Å²) >= 11 is 0. The van der Waals surface area contributed by atoms with Gasteiger partial charge in [-0.2, -0.15) is 4.80 Å². The van der Waals surface area contributed by atoms with E-state index >= 15 is 0 Å². The SMILES string of the molecule is CC(C)C[C@H](NC(=O)C1CCCCC1)C(=O)Cn1nnc(-c2ccccc2)n1. The van der Waals surface area contributed by atoms with E-state index in [1.165, 1.54) is 11.2 Å². The molecule has 2 aromatic rings. The van der Waals surface area contributed by atoms with Crippen molar-refractivity contribution in [1.82, 2.24) is 25.5 Å². The van der Waals surface area contributed by atoms with E-state index in [9.17, 15) is 9.59 Å². The number of carbonyl (C=O) groups is 2. The van der Waals surface area contributed by atoms with Crippen LogP contribution in [0.25, 0.3) is 11.4 Å². The molecule has 7 heteroatoms. The van der Waals surface area contributed by atoms with E-state index in [2.05, 4.69) is 20.7 Å². The Balaban J connectivity index is 1.64. The summed E-state index contributed by atoms with van der Waals surface area (Å²) in [4.78, 5) is 26.8. The molecule has 1 atom stereocenters. The lowest BCUT2D eigenvalue weighted by Crippen LogP contribution is -2.46. The van der Waals surface area contributed by atoms with E-state index in [1.807, 2.05) is 44.2 Å². The molecule has 1 amide bonds. The molecule has 7 nitrogen and oxygen atoms in total. The van der Waals surface area contributed by atoms with Gasteiger partial charge in [-0.25, -0.2) is 0 Å². The van der Waals surface area contributed by atoms with Crippen LogP contribution in [0.5, 0.6) is 0 Å². The van der Waals surface area contributed by atoms with Crippen molar-refractivity contribution < 1.29 is 9.59 Å². The van der Waals surface area contributed by atoms with E-state index < -0.39 is 6.04 Å². The third-order valence-corrected chi connectivity index (χ3v) is 5.17. The minimum absolute atomic E-state index is 0.00215. The fourth-order valence-electron chi connectivity index (χ4n) is 3.66. The Hall–Kier alpha value is -2.57. The Labute approximate surface area is 165 Å². The van der Waals surface area contributed by atoms with Crippen LogP contribution in [0.4, 0.5) is 0 Å². The standard InChI is InChI=1S/C21H29N5O2/c1-15(2)13-18(22-21(28)17-11-7-4-8-12-17)19(27)14-26-24-20(23-25-26)16-9-5-3-6-10-16/h3,5-6,9-10,15,17-18H,4,7-8,11-14H2,1-2H3,(H,22,28)/t18-/m0/s1. The third-order valence-electron chi connectivity index (χ3n) is 5.17. The zero-order valence-corrected chi connectivity index (χ0v) is 16.7. The summed E-state index contributed by atoms with van der Waals surface area (Å²) in [6.07, 6.45) is 5.81. The summed E-state index contributed by atoms with van der Waals surface area (Å²) < 4.78 is 0. The average Bonchev–Trinajstić information content (AvgIpc) is 3.17. The van der Waals surface area contributed by atoms with Crippen LogP contribution in [-0.4, -0.2) is 37.9 Å². The molecule has 1 heterocycles. The third kappa shape index (κ3) is 5.47. The highest BCUT2D eigenvalue weighted by atomic mass is 16.2. The van der Waals surface area contributed by atoms with E-state index in [4.69, 9.17) is 0 Å². The second kappa shape index (κ2) is 9.57. The number of carbonyl (C=O) groups excluding carboxylic acids is 2. The molecule has 1 saturated carbocycles. The first-order valence-corrected chi connectivity index (χ1v) is 10.2. The summed E-state index contributed by atoms with van der Waals surface area (Å²) in [5.41, 5.74) is 0.852. The molecule has 0 spiro atoms. The predicted octanol–water partition coefficient (Wildman–Crippen LogP) is 3.02. The number of rotatable bonds is 8. The van der Waals surface area contributed by atoms with Crippen LogP contribution in [0.2, 0.25) is 0 Å². The van der Waals surface area contributed by atoms with Gasteiger partial charge in [-0.3, -0.25) is 9.59 Å². The quantitative estimate of drug-likeness (QED) is 0.757. The second-order valence-corrected chi connectivity index (χ2v) is 8.00. The van der Waals surface area contributed by atoms with E-state index in [0.29, 0.717) is 18.2 Å². The fraction of sp³-hybridized carbons (Fsp3) is 0.571. The zero-order valence-electron chi connectivity index (χ0n) is 16.7. The van der Waals surface area contributed by atoms with Crippen molar-refractivity contribution in [3.8, 4) is 11.4 Å². The lowest BCUT2D eigenvalue weighted by Gasteiger charge is -2.25. The maximum atomic E-state index is 12.9. The van der Waals surface area contributed by atoms with Gasteiger partial charge < -0.3 is 5.32 Å². The average molecular weight is 383 g/mol. The number of tetrazole rings is 1. The monoisotopic (exact) mass is 383 g/mol. The summed E-state index contributed by atoms with van der Waals surface area (Å²) in [5.74, 6) is 0.736. The molecule has 0 bridgehead atoms. The van der Waals surface area contributed by atoms with Gasteiger partial charge in [0.15, 0.2) is 5.78 Å². The molecule has 1 aromatic heterocycles. The van der Waals surface area contributed by atoms with Gasteiger partial charge in [0.1, 0.15) is 6.54 Å². The number of aromatic nitrogens is 4. The summed E-state index contributed by atoms with van der Waals surface area (Å²) in [6, 6.07) is 9.01. The van der Waals surface area contributed by atoms with Crippen LogP contribution < -0.4 is 5.32 Å². The zero-order chi connectivity index (χ0) is 19.9. The van der Waals surface area contributed by atoms with Crippen LogP contribution in [0.15, 0.2) is 30.3 Å². The van der Waals surface area contributed by atoms with Crippen LogP contribution in [0, 0.1) is 11.8 Å². The van der Waals surface area contributed by atoms with Crippen molar-refractivity contribution in [3.05, 3.63) is 30.3 Å². The van der Waals surface area contributed by atoms with Gasteiger partial charge in [-0.1, -0.05) is 63.4 Å². The van der Waals surface area contributed by atoms with Crippen molar-refractivity contribution in [2.75, 3.05) is 0 Å². The van der Waals surface area contributed by atoms with Gasteiger partial charge in [0.05, 0.1) is 6.04 Å². The van der Waals surface area contributed by atoms with Gasteiger partial charge in [-0.15, -0.1) is 10.2 Å². The molecule has 28 heavy (non-hydrogen) atoms. The number of hydrogen-bond acceptors (Lipinski definition) is 5. The highest BCUT2D eigenvalue weighted by molar-refractivity contribution is 5.89. The lowest BCUT2D eigenvalue weighted by atomic mass is 9.88. The molecule has 0 saturated heterocycles. The van der Waals surface area contributed by atoms with Crippen molar-refractivity contribution in [2.45, 2.75) is 65.0 Å². The van der Waals surface area contributed by atoms with Crippen LogP contribution in [0.1, 0.15) is 52.4 Å². The molecule has 1 aliphatic carbocycles. The maximum absolute atomic E-state index is 12.9. The molecular weight excluding hydrogens is 354 g/mol. The van der Waals surface area contributed by atoms with Crippen LogP contribution in [0.3, 0.4) is 0 Å². The maximum Gasteiger partial charge on any atom is 0.223 e. The number of benzene rings is 1. The number of nitrogens with zero attached hydrogens (tertiary/aromatic N) is 4. The summed E-state index contributed by atoms with van der Waals surface area (Å²) in [6.45, 7) is 4.10. The minimum Gasteiger partial charge on any atom is -0.346 e. The number of nitrogens with one attached hydrogen (secondary N) is 1. The normalized spacial score (nSPS) is 16.1. The Morgan fingerprint density at radius 1 is 1.14 bits per heavy atom. The van der Waals surface area contributed by atoms with Crippen molar-refractivity contribution in [1.29, 1.82) is 0 Å². The molecule has 0 radical (unpaired) electrons. The van der Waals surface area contributed by atoms with Gasteiger partial charge in [-0.05, 0) is 30.4 Å². The molecule has 0 unspecified atom stereocenters. The molecule has 1 fully saturated rings. The Kier molecular flexibility index (Phi) is 6.90. The van der Waals surface area contributed by atoms with Gasteiger partial charge in [0, 0.05) is 11.5 Å².